The number of benzene rings is 2. The van der Waals surface area contributed by atoms with Crippen LogP contribution in [0.5, 0.6) is 0 Å². The van der Waals surface area contributed by atoms with Crippen molar-refractivity contribution >= 4 is 11.9 Å². The van der Waals surface area contributed by atoms with Crippen LogP contribution in [0.25, 0.3) is 0 Å². The molecule has 0 aromatic heterocycles. The minimum absolute atomic E-state index is 0.279. The van der Waals surface area contributed by atoms with Crippen LogP contribution in [0.2, 0.25) is 0 Å². The van der Waals surface area contributed by atoms with E-state index in [1.807, 2.05) is 43.3 Å². The third-order valence-electron chi connectivity index (χ3n) is 4.55. The molecule has 0 saturated carbocycles. The summed E-state index contributed by atoms with van der Waals surface area (Å²) in [6.45, 7) is 2.38. The molecule has 2 aromatic rings. The van der Waals surface area contributed by atoms with Gasteiger partial charge in [0.25, 0.3) is 0 Å². The van der Waals surface area contributed by atoms with Gasteiger partial charge in [-0.25, -0.2) is 0 Å². The number of carbonyl (C=O) groups is 2. The summed E-state index contributed by atoms with van der Waals surface area (Å²) in [7, 11) is 1.68. The van der Waals surface area contributed by atoms with Crippen molar-refractivity contribution in [3.8, 4) is 0 Å². The molecule has 0 spiro atoms. The second-order valence-corrected chi connectivity index (χ2v) is 6.29. The van der Waals surface area contributed by atoms with Gasteiger partial charge >= 0.3 is 5.97 Å². The van der Waals surface area contributed by atoms with Crippen molar-refractivity contribution in [2.24, 2.45) is 0 Å². The predicted octanol–water partition coefficient (Wildman–Crippen LogP) is 3.51. The van der Waals surface area contributed by atoms with Gasteiger partial charge in [-0.3, -0.25) is 9.59 Å². The Hall–Kier alpha value is -2.62. The number of hydrogen-bond acceptors (Lipinski definition) is 2. The summed E-state index contributed by atoms with van der Waals surface area (Å²) >= 11 is 0. The molecule has 0 bridgehead atoms. The second-order valence-electron chi connectivity index (χ2n) is 6.29. The molecule has 132 valence electrons. The highest BCUT2D eigenvalue weighted by Gasteiger charge is 2.48. The Bertz CT molecular complexity index is 700. The molecular formula is C21H25NO3. The first kappa shape index (κ1) is 18.7. The van der Waals surface area contributed by atoms with Crippen molar-refractivity contribution in [1.29, 1.82) is 0 Å². The largest absolute Gasteiger partial charge is 0.480 e. The summed E-state index contributed by atoms with van der Waals surface area (Å²) in [4.78, 5) is 26.9. The van der Waals surface area contributed by atoms with Crippen LogP contribution in [-0.4, -0.2) is 35.5 Å². The first-order valence-corrected chi connectivity index (χ1v) is 8.60. The van der Waals surface area contributed by atoms with E-state index in [1.165, 1.54) is 0 Å². The van der Waals surface area contributed by atoms with Crippen LogP contribution in [0.15, 0.2) is 60.7 Å². The zero-order chi connectivity index (χ0) is 18.3. The fourth-order valence-corrected chi connectivity index (χ4v) is 3.16. The molecule has 4 heteroatoms. The molecule has 0 aliphatic heterocycles. The Labute approximate surface area is 149 Å². The average Bonchev–Trinajstić information content (AvgIpc) is 2.65. The van der Waals surface area contributed by atoms with Gasteiger partial charge < -0.3 is 10.0 Å². The zero-order valence-corrected chi connectivity index (χ0v) is 14.8. The maximum atomic E-state index is 13.2. The van der Waals surface area contributed by atoms with Crippen molar-refractivity contribution in [2.75, 3.05) is 13.6 Å². The third-order valence-corrected chi connectivity index (χ3v) is 4.55. The Kier molecular flexibility index (Phi) is 6.34. The van der Waals surface area contributed by atoms with Gasteiger partial charge in [0.2, 0.25) is 5.91 Å². The van der Waals surface area contributed by atoms with E-state index in [-0.39, 0.29) is 12.3 Å². The number of aliphatic carboxylic acids is 1. The lowest BCUT2D eigenvalue weighted by Gasteiger charge is -2.32. The highest BCUT2D eigenvalue weighted by Crippen LogP contribution is 2.32. The smallest absolute Gasteiger partial charge is 0.323 e. The van der Waals surface area contributed by atoms with Crippen molar-refractivity contribution in [2.45, 2.75) is 31.6 Å². The second kappa shape index (κ2) is 8.47. The zero-order valence-electron chi connectivity index (χ0n) is 14.8. The predicted molar refractivity (Wildman–Crippen MR) is 98.4 cm³/mol. The lowest BCUT2D eigenvalue weighted by Crippen LogP contribution is -2.51. The summed E-state index contributed by atoms with van der Waals surface area (Å²) in [6.07, 6.45) is 1.58. The summed E-state index contributed by atoms with van der Waals surface area (Å²) < 4.78 is 0. The van der Waals surface area contributed by atoms with Crippen LogP contribution in [-0.2, 0) is 21.4 Å². The Morgan fingerprint density at radius 2 is 1.56 bits per heavy atom. The summed E-state index contributed by atoms with van der Waals surface area (Å²) in [5.74, 6) is -1.44. The number of carboxylic acids is 1. The first-order chi connectivity index (χ1) is 12.0. The van der Waals surface area contributed by atoms with E-state index in [0.29, 0.717) is 24.9 Å². The third kappa shape index (κ3) is 4.08. The molecule has 0 radical (unpaired) electrons. The van der Waals surface area contributed by atoms with E-state index in [2.05, 4.69) is 0 Å². The maximum absolute atomic E-state index is 13.2. The van der Waals surface area contributed by atoms with Gasteiger partial charge in [0, 0.05) is 13.6 Å². The minimum Gasteiger partial charge on any atom is -0.480 e. The van der Waals surface area contributed by atoms with Crippen LogP contribution in [0.3, 0.4) is 0 Å². The van der Waals surface area contributed by atoms with E-state index in [1.54, 1.807) is 36.2 Å². The van der Waals surface area contributed by atoms with Crippen LogP contribution in [0, 0.1) is 0 Å². The van der Waals surface area contributed by atoms with E-state index >= 15 is 0 Å². The molecule has 25 heavy (non-hydrogen) atoms. The molecule has 4 nitrogen and oxygen atoms in total. The number of hydrogen-bond donors (Lipinski definition) is 1. The quantitative estimate of drug-likeness (QED) is 0.749. The summed E-state index contributed by atoms with van der Waals surface area (Å²) in [6, 6.07) is 18.7. The fraction of sp³-hybridized carbons (Fsp3) is 0.333. The molecule has 1 atom stereocenters. The van der Waals surface area contributed by atoms with Gasteiger partial charge in [-0.2, -0.15) is 0 Å². The van der Waals surface area contributed by atoms with E-state index in [9.17, 15) is 14.7 Å². The van der Waals surface area contributed by atoms with Gasteiger partial charge in [-0.15, -0.1) is 0 Å². The molecule has 0 saturated heterocycles. The van der Waals surface area contributed by atoms with Gasteiger partial charge in [-0.1, -0.05) is 74.0 Å². The molecule has 2 aromatic carbocycles. The standard InChI is InChI=1S/C21H25NO3/c1-3-15-21(20(24)25,18-12-8-5-9-13-18)19(23)22(2)16-14-17-10-6-4-7-11-17/h4-13H,3,14-16H2,1-2H3,(H,24,25). The van der Waals surface area contributed by atoms with Crippen LogP contribution >= 0.6 is 0 Å². The highest BCUT2D eigenvalue weighted by atomic mass is 16.4. The molecule has 1 unspecified atom stereocenters. The minimum atomic E-state index is -1.53. The fourth-order valence-electron chi connectivity index (χ4n) is 3.16. The normalized spacial score (nSPS) is 13.0. The van der Waals surface area contributed by atoms with Gasteiger partial charge in [0.05, 0.1) is 0 Å². The first-order valence-electron chi connectivity index (χ1n) is 8.60. The SMILES string of the molecule is CCCC(C(=O)O)(C(=O)N(C)CCc1ccccc1)c1ccccc1. The van der Waals surface area contributed by atoms with Crippen molar-refractivity contribution in [3.63, 3.8) is 0 Å². The van der Waals surface area contributed by atoms with Gasteiger partial charge in [0.15, 0.2) is 5.41 Å². The Balaban J connectivity index is 2.27. The number of carbonyl (C=O) groups excluding carboxylic acids is 1. The molecule has 2 rings (SSSR count). The molecule has 0 aliphatic carbocycles. The molecule has 0 heterocycles. The van der Waals surface area contributed by atoms with Gasteiger partial charge in [0.1, 0.15) is 0 Å². The van der Waals surface area contributed by atoms with Crippen LogP contribution in [0.1, 0.15) is 30.9 Å². The lowest BCUT2D eigenvalue weighted by molar-refractivity contribution is -0.154. The molecule has 1 N–H and O–H groups in total. The number of rotatable bonds is 8. The van der Waals surface area contributed by atoms with E-state index in [0.717, 1.165) is 5.56 Å². The Morgan fingerprint density at radius 1 is 1.00 bits per heavy atom. The summed E-state index contributed by atoms with van der Waals surface area (Å²) in [5.41, 5.74) is 0.140. The van der Waals surface area contributed by atoms with E-state index < -0.39 is 11.4 Å². The molecule has 0 aliphatic rings. The topological polar surface area (TPSA) is 57.6 Å². The Morgan fingerprint density at radius 3 is 2.08 bits per heavy atom. The van der Waals surface area contributed by atoms with Crippen molar-refractivity contribution in [3.05, 3.63) is 71.8 Å². The number of likely N-dealkylation sites (N-methyl/N-ethyl adjacent to an activating group) is 1. The van der Waals surface area contributed by atoms with Gasteiger partial charge in [-0.05, 0) is 24.0 Å². The lowest BCUT2D eigenvalue weighted by atomic mass is 9.75. The molecule has 1 amide bonds. The number of carboxylic acid groups (broad SMARTS) is 1. The maximum Gasteiger partial charge on any atom is 0.323 e. The van der Waals surface area contributed by atoms with Crippen molar-refractivity contribution < 1.29 is 14.7 Å². The number of amides is 1. The van der Waals surface area contributed by atoms with Crippen LogP contribution < -0.4 is 0 Å². The monoisotopic (exact) mass is 339 g/mol. The average molecular weight is 339 g/mol. The van der Waals surface area contributed by atoms with Crippen molar-refractivity contribution in [1.82, 2.24) is 4.90 Å². The van der Waals surface area contributed by atoms with Crippen LogP contribution in [0.4, 0.5) is 0 Å². The molecular weight excluding hydrogens is 314 g/mol. The summed E-state index contributed by atoms with van der Waals surface area (Å²) in [5, 5.41) is 9.97. The number of nitrogens with zero attached hydrogens (tertiary/aromatic N) is 1. The van der Waals surface area contributed by atoms with E-state index in [4.69, 9.17) is 0 Å². The molecule has 0 fully saturated rings. The highest BCUT2D eigenvalue weighted by molar-refractivity contribution is 6.07.